The lowest BCUT2D eigenvalue weighted by atomic mass is 10.2. The van der Waals surface area contributed by atoms with E-state index in [4.69, 9.17) is 10.6 Å². The largest absolute Gasteiger partial charge is 0.476 e. The Labute approximate surface area is 98.4 Å². The molecule has 0 saturated carbocycles. The van der Waals surface area contributed by atoms with Crippen LogP contribution in [-0.4, -0.2) is 33.3 Å². The number of pyridine rings is 1. The molecule has 0 radical (unpaired) electrons. The Morgan fingerprint density at radius 1 is 1.41 bits per heavy atom. The Hall–Kier alpha value is -1.92. The number of nitrogens with two attached hydrogens (primary N) is 1. The highest BCUT2D eigenvalue weighted by atomic mass is 16.5. The van der Waals surface area contributed by atoms with Crippen LogP contribution in [0.25, 0.3) is 11.3 Å². The minimum absolute atomic E-state index is 0.561. The molecule has 0 atom stereocenters. The van der Waals surface area contributed by atoms with Crippen LogP contribution in [0.4, 0.5) is 0 Å². The molecule has 1 aliphatic heterocycles. The summed E-state index contributed by atoms with van der Waals surface area (Å²) in [7, 11) is 0. The normalized spacial score (nSPS) is 16.1. The molecule has 0 fully saturated rings. The van der Waals surface area contributed by atoms with E-state index in [9.17, 15) is 0 Å². The van der Waals surface area contributed by atoms with Gasteiger partial charge >= 0.3 is 0 Å². The maximum atomic E-state index is 5.79. The first-order chi connectivity index (χ1) is 8.33. The number of rotatable bonds is 1. The first kappa shape index (κ1) is 10.2. The predicted molar refractivity (Wildman–Crippen MR) is 61.9 cm³/mol. The third kappa shape index (κ3) is 2.00. The molecule has 0 bridgehead atoms. The van der Waals surface area contributed by atoms with Gasteiger partial charge in [0.2, 0.25) is 5.88 Å². The SMILES string of the molecule is NN1CCOc2nc(-c3cn[nH]c3)ccc2C1. The molecule has 2 aromatic heterocycles. The van der Waals surface area contributed by atoms with Gasteiger partial charge in [0, 0.05) is 30.4 Å². The molecular weight excluding hydrogens is 218 g/mol. The molecule has 6 heteroatoms. The van der Waals surface area contributed by atoms with Crippen LogP contribution in [0.1, 0.15) is 5.56 Å². The van der Waals surface area contributed by atoms with Crippen molar-refractivity contribution in [3.05, 3.63) is 30.1 Å². The summed E-state index contributed by atoms with van der Waals surface area (Å²) in [5, 5.41) is 8.40. The molecular formula is C11H13N5O. The van der Waals surface area contributed by atoms with Gasteiger partial charge in [0.25, 0.3) is 0 Å². The number of hydrogen-bond donors (Lipinski definition) is 2. The lowest BCUT2D eigenvalue weighted by Gasteiger charge is -2.10. The second-order valence-corrected chi connectivity index (χ2v) is 3.97. The second-order valence-electron chi connectivity index (χ2n) is 3.97. The van der Waals surface area contributed by atoms with Crippen molar-refractivity contribution in [2.45, 2.75) is 6.54 Å². The van der Waals surface area contributed by atoms with Crippen LogP contribution in [0.3, 0.4) is 0 Å². The number of fused-ring (bicyclic) bond motifs is 1. The highest BCUT2D eigenvalue weighted by Gasteiger charge is 2.15. The van der Waals surface area contributed by atoms with Crippen LogP contribution in [0.2, 0.25) is 0 Å². The number of ether oxygens (including phenoxy) is 1. The van der Waals surface area contributed by atoms with E-state index < -0.39 is 0 Å². The molecule has 17 heavy (non-hydrogen) atoms. The fraction of sp³-hybridized carbons (Fsp3) is 0.273. The van der Waals surface area contributed by atoms with Gasteiger partial charge in [-0.25, -0.2) is 9.99 Å². The third-order valence-electron chi connectivity index (χ3n) is 2.72. The molecule has 88 valence electrons. The monoisotopic (exact) mass is 231 g/mol. The number of aromatic amines is 1. The Kier molecular flexibility index (Phi) is 2.50. The average molecular weight is 231 g/mol. The van der Waals surface area contributed by atoms with Crippen LogP contribution in [0.5, 0.6) is 5.88 Å². The molecule has 1 aliphatic rings. The molecule has 0 saturated heterocycles. The summed E-state index contributed by atoms with van der Waals surface area (Å²) in [6.45, 7) is 1.93. The lowest BCUT2D eigenvalue weighted by Crippen LogP contribution is -2.32. The van der Waals surface area contributed by atoms with Crippen LogP contribution in [-0.2, 0) is 6.54 Å². The van der Waals surface area contributed by atoms with Crippen molar-refractivity contribution in [2.24, 2.45) is 5.84 Å². The summed E-state index contributed by atoms with van der Waals surface area (Å²) < 4.78 is 5.59. The molecule has 3 heterocycles. The van der Waals surface area contributed by atoms with E-state index in [0.717, 1.165) is 16.8 Å². The third-order valence-corrected chi connectivity index (χ3v) is 2.72. The zero-order valence-electron chi connectivity index (χ0n) is 9.26. The minimum atomic E-state index is 0.561. The van der Waals surface area contributed by atoms with Crippen molar-refractivity contribution in [2.75, 3.05) is 13.2 Å². The Balaban J connectivity index is 1.99. The quantitative estimate of drug-likeness (QED) is 0.700. The van der Waals surface area contributed by atoms with Gasteiger partial charge in [-0.3, -0.25) is 10.9 Å². The highest BCUT2D eigenvalue weighted by Crippen LogP contribution is 2.24. The van der Waals surface area contributed by atoms with Crippen molar-refractivity contribution in [3.63, 3.8) is 0 Å². The number of H-pyrrole nitrogens is 1. The lowest BCUT2D eigenvalue weighted by molar-refractivity contribution is 0.228. The van der Waals surface area contributed by atoms with Gasteiger partial charge in [-0.1, -0.05) is 6.07 Å². The topological polar surface area (TPSA) is 80.1 Å². The smallest absolute Gasteiger partial charge is 0.218 e. The zero-order chi connectivity index (χ0) is 11.7. The van der Waals surface area contributed by atoms with E-state index >= 15 is 0 Å². The van der Waals surface area contributed by atoms with E-state index in [1.807, 2.05) is 12.1 Å². The van der Waals surface area contributed by atoms with Gasteiger partial charge in [-0.15, -0.1) is 0 Å². The molecule has 0 spiro atoms. The standard InChI is InChI=1S/C11H13N5O/c12-16-3-4-17-11-8(7-16)1-2-10(15-11)9-5-13-14-6-9/h1-2,5-6H,3-4,7,12H2,(H,13,14). The summed E-state index contributed by atoms with van der Waals surface area (Å²) in [5.41, 5.74) is 2.81. The molecule has 0 aliphatic carbocycles. The van der Waals surface area contributed by atoms with Crippen LogP contribution in [0.15, 0.2) is 24.5 Å². The summed E-state index contributed by atoms with van der Waals surface area (Å²) in [4.78, 5) is 4.49. The molecule has 0 unspecified atom stereocenters. The number of aromatic nitrogens is 3. The summed E-state index contributed by atoms with van der Waals surface area (Å²) >= 11 is 0. The van der Waals surface area contributed by atoms with Gasteiger partial charge in [0.05, 0.1) is 11.9 Å². The molecule has 3 N–H and O–H groups in total. The molecule has 6 nitrogen and oxygen atoms in total. The summed E-state index contributed by atoms with van der Waals surface area (Å²) in [6, 6.07) is 3.95. The van der Waals surface area contributed by atoms with Crippen LogP contribution < -0.4 is 10.6 Å². The van der Waals surface area contributed by atoms with Crippen molar-refractivity contribution >= 4 is 0 Å². The van der Waals surface area contributed by atoms with Gasteiger partial charge in [0.15, 0.2) is 0 Å². The van der Waals surface area contributed by atoms with Crippen molar-refractivity contribution in [1.29, 1.82) is 0 Å². The highest BCUT2D eigenvalue weighted by molar-refractivity contribution is 5.58. The fourth-order valence-corrected chi connectivity index (χ4v) is 1.82. The Bertz CT molecular complexity index is 511. The van der Waals surface area contributed by atoms with E-state index in [0.29, 0.717) is 25.6 Å². The molecule has 0 aromatic carbocycles. The number of nitrogens with zero attached hydrogens (tertiary/aromatic N) is 3. The fourth-order valence-electron chi connectivity index (χ4n) is 1.82. The molecule has 2 aromatic rings. The van der Waals surface area contributed by atoms with Gasteiger partial charge < -0.3 is 4.74 Å². The summed E-state index contributed by atoms with van der Waals surface area (Å²) in [5.74, 6) is 6.46. The summed E-state index contributed by atoms with van der Waals surface area (Å²) in [6.07, 6.45) is 3.54. The minimum Gasteiger partial charge on any atom is -0.476 e. The van der Waals surface area contributed by atoms with Crippen LogP contribution in [0, 0.1) is 0 Å². The van der Waals surface area contributed by atoms with E-state index in [2.05, 4.69) is 15.2 Å². The maximum absolute atomic E-state index is 5.79. The first-order valence-electron chi connectivity index (χ1n) is 5.44. The predicted octanol–water partition coefficient (Wildman–Crippen LogP) is 0.540. The van der Waals surface area contributed by atoms with E-state index in [-0.39, 0.29) is 0 Å². The molecule has 3 rings (SSSR count). The number of hydrogen-bond acceptors (Lipinski definition) is 5. The van der Waals surface area contributed by atoms with Crippen LogP contribution >= 0.6 is 0 Å². The first-order valence-corrected chi connectivity index (χ1v) is 5.44. The van der Waals surface area contributed by atoms with Gasteiger partial charge in [0.1, 0.15) is 6.61 Å². The van der Waals surface area contributed by atoms with Crippen molar-refractivity contribution < 1.29 is 4.74 Å². The maximum Gasteiger partial charge on any atom is 0.218 e. The Morgan fingerprint density at radius 2 is 2.35 bits per heavy atom. The van der Waals surface area contributed by atoms with Crippen molar-refractivity contribution in [3.8, 4) is 17.1 Å². The van der Waals surface area contributed by atoms with Crippen molar-refractivity contribution in [1.82, 2.24) is 20.2 Å². The number of nitrogens with one attached hydrogen (secondary N) is 1. The average Bonchev–Trinajstić information content (AvgIpc) is 2.78. The van der Waals surface area contributed by atoms with E-state index in [1.54, 1.807) is 17.4 Å². The molecule has 0 amide bonds. The second kappa shape index (κ2) is 4.15. The number of hydrazine groups is 1. The van der Waals surface area contributed by atoms with E-state index in [1.165, 1.54) is 0 Å². The van der Waals surface area contributed by atoms with Gasteiger partial charge in [-0.05, 0) is 6.07 Å². The van der Waals surface area contributed by atoms with Gasteiger partial charge in [-0.2, -0.15) is 5.10 Å². The Morgan fingerprint density at radius 3 is 3.18 bits per heavy atom. The zero-order valence-corrected chi connectivity index (χ0v) is 9.26.